The number of nitrogens with one attached hydrogen (secondary N) is 1. The third-order valence-corrected chi connectivity index (χ3v) is 5.40. The lowest BCUT2D eigenvalue weighted by Crippen LogP contribution is -2.53. The van der Waals surface area contributed by atoms with Crippen LogP contribution in [0.15, 0.2) is 24.3 Å². The molecule has 1 fully saturated rings. The topological polar surface area (TPSA) is 38.3 Å². The summed E-state index contributed by atoms with van der Waals surface area (Å²) >= 11 is 6.19. The molecule has 1 atom stereocenters. The molecule has 1 aromatic carbocycles. The van der Waals surface area contributed by atoms with Crippen LogP contribution >= 0.6 is 11.6 Å². The highest BCUT2D eigenvalue weighted by Gasteiger charge is 2.38. The summed E-state index contributed by atoms with van der Waals surface area (Å²) in [6.07, 6.45) is 4.20. The molecule has 1 amide bonds. The van der Waals surface area contributed by atoms with Crippen LogP contribution in [0.5, 0.6) is 5.75 Å². The number of ether oxygens (including phenoxy) is 1. The molecule has 0 radical (unpaired) electrons. The number of hydrogen-bond acceptors (Lipinski definition) is 2. The Morgan fingerprint density at radius 2 is 2.10 bits per heavy atom. The Morgan fingerprint density at radius 3 is 2.81 bits per heavy atom. The van der Waals surface area contributed by atoms with Crippen LogP contribution in [-0.2, 0) is 4.79 Å². The fourth-order valence-corrected chi connectivity index (χ4v) is 3.67. The van der Waals surface area contributed by atoms with E-state index < -0.39 is 0 Å². The zero-order valence-corrected chi connectivity index (χ0v) is 13.2. The molecule has 2 aliphatic rings. The van der Waals surface area contributed by atoms with E-state index in [1.165, 1.54) is 0 Å². The van der Waals surface area contributed by atoms with Crippen LogP contribution in [0.25, 0.3) is 0 Å². The molecule has 0 bridgehead atoms. The van der Waals surface area contributed by atoms with Gasteiger partial charge in [-0.1, -0.05) is 25.1 Å². The summed E-state index contributed by atoms with van der Waals surface area (Å²) in [5, 5.41) is 3.23. The molecule has 0 aromatic heterocycles. The van der Waals surface area contributed by atoms with Gasteiger partial charge in [-0.2, -0.15) is 0 Å². The van der Waals surface area contributed by atoms with Crippen molar-refractivity contribution in [3.8, 4) is 5.75 Å². The van der Waals surface area contributed by atoms with Gasteiger partial charge in [0.15, 0.2) is 0 Å². The molecule has 1 aliphatic heterocycles. The van der Waals surface area contributed by atoms with Crippen molar-refractivity contribution in [3.05, 3.63) is 29.8 Å². The van der Waals surface area contributed by atoms with E-state index >= 15 is 0 Å². The van der Waals surface area contributed by atoms with E-state index in [-0.39, 0.29) is 17.4 Å². The molecule has 1 N–H and O–H groups in total. The molecule has 1 saturated carbocycles. The zero-order valence-electron chi connectivity index (χ0n) is 12.4. The number of fused-ring (bicyclic) bond motifs is 1. The van der Waals surface area contributed by atoms with Gasteiger partial charge < -0.3 is 10.1 Å². The summed E-state index contributed by atoms with van der Waals surface area (Å²) in [6.45, 7) is 2.70. The van der Waals surface area contributed by atoms with Crippen molar-refractivity contribution >= 4 is 17.5 Å². The van der Waals surface area contributed by atoms with Crippen molar-refractivity contribution < 1.29 is 9.53 Å². The van der Waals surface area contributed by atoms with Crippen LogP contribution in [-0.4, -0.2) is 23.9 Å². The number of amides is 1. The normalized spacial score (nSPS) is 31.3. The van der Waals surface area contributed by atoms with E-state index in [1.54, 1.807) is 0 Å². The summed E-state index contributed by atoms with van der Waals surface area (Å²) in [4.78, 5) is 12.7. The number of carbonyl (C=O) groups is 1. The minimum atomic E-state index is -0.233. The molecule has 21 heavy (non-hydrogen) atoms. The second-order valence-corrected chi connectivity index (χ2v) is 6.75. The highest BCUT2D eigenvalue weighted by Crippen LogP contribution is 2.36. The second-order valence-electron chi connectivity index (χ2n) is 6.49. The summed E-state index contributed by atoms with van der Waals surface area (Å²) in [6, 6.07) is 7.78. The molecule has 114 valence electrons. The van der Waals surface area contributed by atoms with Gasteiger partial charge in [-0.15, -0.1) is 11.6 Å². The van der Waals surface area contributed by atoms with Crippen molar-refractivity contribution in [2.75, 3.05) is 12.5 Å². The Balaban J connectivity index is 1.72. The molecule has 3 rings (SSSR count). The van der Waals surface area contributed by atoms with E-state index in [9.17, 15) is 4.79 Å². The van der Waals surface area contributed by atoms with E-state index in [0.717, 1.165) is 42.9 Å². The van der Waals surface area contributed by atoms with Crippen molar-refractivity contribution in [2.24, 2.45) is 5.92 Å². The summed E-state index contributed by atoms with van der Waals surface area (Å²) in [5.41, 5.74) is 0.756. The number of carbonyl (C=O) groups excluding carboxylic acids is 1. The average Bonchev–Trinajstić information content (AvgIpc) is 2.94. The average molecular weight is 308 g/mol. The van der Waals surface area contributed by atoms with Gasteiger partial charge in [0.2, 0.25) is 5.91 Å². The lowest BCUT2D eigenvalue weighted by molar-refractivity contribution is -0.125. The number of alkyl halides is 1. The molecule has 0 saturated heterocycles. The van der Waals surface area contributed by atoms with Crippen molar-refractivity contribution in [2.45, 2.75) is 44.1 Å². The molecular formula is C17H22ClNO2. The Labute approximate surface area is 131 Å². The first-order valence-electron chi connectivity index (χ1n) is 7.73. The third-order valence-electron chi connectivity index (χ3n) is 4.89. The van der Waals surface area contributed by atoms with Gasteiger partial charge in [-0.3, -0.25) is 4.79 Å². The molecule has 1 aliphatic carbocycles. The van der Waals surface area contributed by atoms with Crippen LogP contribution in [0.4, 0.5) is 0 Å². The van der Waals surface area contributed by atoms with Gasteiger partial charge in [-0.25, -0.2) is 0 Å². The minimum absolute atomic E-state index is 0.0511. The first-order valence-corrected chi connectivity index (χ1v) is 8.27. The zero-order chi connectivity index (χ0) is 14.9. The van der Waals surface area contributed by atoms with Crippen LogP contribution in [0.3, 0.4) is 0 Å². The lowest BCUT2D eigenvalue weighted by atomic mass is 9.78. The van der Waals surface area contributed by atoms with Crippen molar-refractivity contribution in [1.82, 2.24) is 5.32 Å². The monoisotopic (exact) mass is 307 g/mol. The minimum Gasteiger partial charge on any atom is -0.492 e. The van der Waals surface area contributed by atoms with E-state index in [4.69, 9.17) is 16.3 Å². The fraction of sp³-hybridized carbons (Fsp3) is 0.588. The third kappa shape index (κ3) is 2.89. The Hall–Kier alpha value is -1.22. The standard InChI is InChI=1S/C17H22ClNO2/c1-12-6-8-17(11-18,9-7-12)19-16(20)14-10-21-15-5-3-2-4-13(14)15/h2-5,12,14H,6-11H2,1H3,(H,19,20). The number of halogens is 1. The van der Waals surface area contributed by atoms with Crippen LogP contribution in [0.2, 0.25) is 0 Å². The first-order chi connectivity index (χ1) is 10.1. The first kappa shape index (κ1) is 14.7. The van der Waals surface area contributed by atoms with Crippen LogP contribution < -0.4 is 10.1 Å². The van der Waals surface area contributed by atoms with Gasteiger partial charge in [-0.05, 0) is 37.7 Å². The summed E-state index contributed by atoms with van der Waals surface area (Å²) in [5.74, 6) is 1.89. The maximum absolute atomic E-state index is 12.7. The maximum atomic E-state index is 12.7. The molecule has 1 heterocycles. The molecule has 1 aromatic rings. The van der Waals surface area contributed by atoms with Crippen molar-refractivity contribution in [3.63, 3.8) is 0 Å². The van der Waals surface area contributed by atoms with Gasteiger partial charge in [0, 0.05) is 11.4 Å². The highest BCUT2D eigenvalue weighted by molar-refractivity contribution is 6.18. The molecular weight excluding hydrogens is 286 g/mol. The van der Waals surface area contributed by atoms with E-state index in [2.05, 4.69) is 12.2 Å². The molecule has 4 heteroatoms. The number of para-hydroxylation sites is 1. The Morgan fingerprint density at radius 1 is 1.38 bits per heavy atom. The Kier molecular flexibility index (Phi) is 4.12. The predicted molar refractivity (Wildman–Crippen MR) is 83.9 cm³/mol. The van der Waals surface area contributed by atoms with E-state index in [1.807, 2.05) is 24.3 Å². The Bertz CT molecular complexity index is 523. The van der Waals surface area contributed by atoms with Crippen LogP contribution in [0.1, 0.15) is 44.1 Å². The summed E-state index contributed by atoms with van der Waals surface area (Å²) < 4.78 is 5.61. The quantitative estimate of drug-likeness (QED) is 0.868. The molecule has 1 unspecified atom stereocenters. The van der Waals surface area contributed by atoms with Crippen molar-refractivity contribution in [1.29, 1.82) is 0 Å². The lowest BCUT2D eigenvalue weighted by Gasteiger charge is -2.39. The van der Waals surface area contributed by atoms with Gasteiger partial charge in [0.05, 0.1) is 5.54 Å². The fourth-order valence-electron chi connectivity index (χ4n) is 3.33. The molecule has 3 nitrogen and oxygen atoms in total. The highest BCUT2D eigenvalue weighted by atomic mass is 35.5. The predicted octanol–water partition coefficient (Wildman–Crippen LogP) is 3.47. The summed E-state index contributed by atoms with van der Waals surface area (Å²) in [7, 11) is 0. The van der Waals surface area contributed by atoms with Gasteiger partial charge >= 0.3 is 0 Å². The van der Waals surface area contributed by atoms with E-state index in [0.29, 0.717) is 12.5 Å². The smallest absolute Gasteiger partial charge is 0.231 e. The largest absolute Gasteiger partial charge is 0.492 e. The number of benzene rings is 1. The second kappa shape index (κ2) is 5.88. The van der Waals surface area contributed by atoms with Gasteiger partial charge in [0.25, 0.3) is 0 Å². The molecule has 0 spiro atoms. The number of rotatable bonds is 3. The SMILES string of the molecule is CC1CCC(CCl)(NC(=O)C2COc3ccccc32)CC1. The number of hydrogen-bond donors (Lipinski definition) is 1. The van der Waals surface area contributed by atoms with Gasteiger partial charge in [0.1, 0.15) is 18.3 Å². The van der Waals surface area contributed by atoms with Crippen LogP contribution in [0, 0.1) is 5.92 Å². The maximum Gasteiger partial charge on any atom is 0.231 e.